The van der Waals surface area contributed by atoms with E-state index in [4.69, 9.17) is 0 Å². The minimum atomic E-state index is -0.509. The Kier molecular flexibility index (Phi) is 3.03. The third kappa shape index (κ3) is 3.62. The fraction of sp³-hybridized carbons (Fsp3) is 0.875. The van der Waals surface area contributed by atoms with Crippen LogP contribution in [0.25, 0.3) is 0 Å². The predicted molar refractivity (Wildman–Crippen MR) is 40.8 cm³/mol. The molecule has 1 N–H and O–H groups in total. The number of hydrogen-bond acceptors (Lipinski definition) is 2. The number of aliphatic hydroxyl groups excluding tert-OH is 1. The first-order valence-corrected chi connectivity index (χ1v) is 3.51. The van der Waals surface area contributed by atoms with E-state index in [1.54, 1.807) is 0 Å². The lowest BCUT2D eigenvalue weighted by molar-refractivity contribution is -0.120. The maximum atomic E-state index is 10.5. The molecule has 0 aliphatic heterocycles. The molecule has 0 radical (unpaired) electrons. The van der Waals surface area contributed by atoms with Crippen molar-refractivity contribution in [3.05, 3.63) is 0 Å². The standard InChI is InChI=1S/C8H16O2/c1-6(9)5-7(10)8(2,3)4/h7,10H,5H2,1-4H3. The van der Waals surface area contributed by atoms with Crippen LogP contribution < -0.4 is 0 Å². The molecule has 0 aromatic carbocycles. The van der Waals surface area contributed by atoms with E-state index in [0.717, 1.165) is 0 Å². The SMILES string of the molecule is CC(=O)CC(O)C(C)(C)C. The minimum absolute atomic E-state index is 0.0439. The highest BCUT2D eigenvalue weighted by Crippen LogP contribution is 2.21. The Bertz CT molecular complexity index is 122. The van der Waals surface area contributed by atoms with Gasteiger partial charge in [0, 0.05) is 6.42 Å². The molecule has 0 saturated heterocycles. The molecule has 0 heterocycles. The largest absolute Gasteiger partial charge is 0.392 e. The van der Waals surface area contributed by atoms with Crippen LogP contribution in [0.5, 0.6) is 0 Å². The quantitative estimate of drug-likeness (QED) is 0.635. The van der Waals surface area contributed by atoms with Gasteiger partial charge in [-0.2, -0.15) is 0 Å². The summed E-state index contributed by atoms with van der Waals surface area (Å²) in [4.78, 5) is 10.5. The van der Waals surface area contributed by atoms with Crippen molar-refractivity contribution in [3.63, 3.8) is 0 Å². The molecule has 0 saturated carbocycles. The van der Waals surface area contributed by atoms with Crippen LogP contribution in [0.3, 0.4) is 0 Å². The molecule has 0 aromatic heterocycles. The molecule has 1 unspecified atom stereocenters. The Labute approximate surface area is 62.2 Å². The van der Waals surface area contributed by atoms with Crippen molar-refractivity contribution < 1.29 is 9.90 Å². The van der Waals surface area contributed by atoms with Crippen molar-refractivity contribution in [2.45, 2.75) is 40.2 Å². The van der Waals surface area contributed by atoms with E-state index in [0.29, 0.717) is 0 Å². The van der Waals surface area contributed by atoms with Crippen LogP contribution in [0.2, 0.25) is 0 Å². The average molecular weight is 144 g/mol. The van der Waals surface area contributed by atoms with E-state index in [9.17, 15) is 9.90 Å². The lowest BCUT2D eigenvalue weighted by atomic mass is 9.86. The van der Waals surface area contributed by atoms with E-state index >= 15 is 0 Å². The predicted octanol–water partition coefficient (Wildman–Crippen LogP) is 1.37. The Hall–Kier alpha value is -0.370. The second-order valence-electron chi connectivity index (χ2n) is 3.79. The number of rotatable bonds is 2. The van der Waals surface area contributed by atoms with E-state index in [1.807, 2.05) is 20.8 Å². The summed E-state index contributed by atoms with van der Waals surface area (Å²) in [6.45, 7) is 7.25. The highest BCUT2D eigenvalue weighted by molar-refractivity contribution is 5.76. The maximum absolute atomic E-state index is 10.5. The Morgan fingerprint density at radius 2 is 1.90 bits per heavy atom. The lowest BCUT2D eigenvalue weighted by Crippen LogP contribution is -2.27. The van der Waals surface area contributed by atoms with Gasteiger partial charge in [-0.15, -0.1) is 0 Å². The monoisotopic (exact) mass is 144 g/mol. The van der Waals surface area contributed by atoms with Crippen LogP contribution in [-0.4, -0.2) is 17.0 Å². The van der Waals surface area contributed by atoms with E-state index in [-0.39, 0.29) is 17.6 Å². The molecular formula is C8H16O2. The second-order valence-corrected chi connectivity index (χ2v) is 3.79. The lowest BCUT2D eigenvalue weighted by Gasteiger charge is -2.24. The molecule has 1 atom stereocenters. The molecule has 60 valence electrons. The zero-order valence-electron chi connectivity index (χ0n) is 7.14. The molecule has 0 fully saturated rings. The van der Waals surface area contributed by atoms with Gasteiger partial charge < -0.3 is 5.11 Å². The van der Waals surface area contributed by atoms with Crippen LogP contribution in [-0.2, 0) is 4.79 Å². The summed E-state index contributed by atoms with van der Waals surface area (Å²) in [5, 5.41) is 9.34. The number of carbonyl (C=O) groups is 1. The Morgan fingerprint density at radius 3 is 2.00 bits per heavy atom. The number of hydrogen-bond donors (Lipinski definition) is 1. The first kappa shape index (κ1) is 9.63. The van der Waals surface area contributed by atoms with Crippen LogP contribution in [0, 0.1) is 5.41 Å². The Balaban J connectivity index is 3.85. The van der Waals surface area contributed by atoms with Crippen LogP contribution >= 0.6 is 0 Å². The number of aliphatic hydroxyl groups is 1. The van der Waals surface area contributed by atoms with Crippen LogP contribution in [0.4, 0.5) is 0 Å². The molecule has 0 spiro atoms. The van der Waals surface area contributed by atoms with E-state index < -0.39 is 6.10 Å². The maximum Gasteiger partial charge on any atom is 0.132 e. The molecule has 0 aliphatic rings. The summed E-state index contributed by atoms with van der Waals surface area (Å²) in [5.74, 6) is 0.0439. The van der Waals surface area contributed by atoms with Crippen LogP contribution in [0.1, 0.15) is 34.1 Å². The highest BCUT2D eigenvalue weighted by Gasteiger charge is 2.22. The first-order chi connectivity index (χ1) is 4.34. The molecule has 0 rings (SSSR count). The third-order valence-electron chi connectivity index (χ3n) is 1.48. The van der Waals surface area contributed by atoms with Crippen molar-refractivity contribution in [2.75, 3.05) is 0 Å². The Morgan fingerprint density at radius 1 is 1.50 bits per heavy atom. The molecular weight excluding hydrogens is 128 g/mol. The summed E-state index contributed by atoms with van der Waals surface area (Å²) in [7, 11) is 0. The topological polar surface area (TPSA) is 37.3 Å². The highest BCUT2D eigenvalue weighted by atomic mass is 16.3. The third-order valence-corrected chi connectivity index (χ3v) is 1.48. The van der Waals surface area contributed by atoms with Gasteiger partial charge >= 0.3 is 0 Å². The van der Waals surface area contributed by atoms with Gasteiger partial charge in [0.15, 0.2) is 0 Å². The zero-order chi connectivity index (χ0) is 8.36. The number of ketones is 1. The summed E-state index contributed by atoms with van der Waals surface area (Å²) in [6.07, 6.45) is -0.242. The van der Waals surface area contributed by atoms with E-state index in [2.05, 4.69) is 0 Å². The zero-order valence-corrected chi connectivity index (χ0v) is 7.14. The van der Waals surface area contributed by atoms with Crippen LogP contribution in [0.15, 0.2) is 0 Å². The van der Waals surface area contributed by atoms with Gasteiger partial charge in [-0.05, 0) is 12.3 Å². The number of carbonyl (C=O) groups excluding carboxylic acids is 1. The van der Waals surface area contributed by atoms with Crippen molar-refractivity contribution in [1.29, 1.82) is 0 Å². The normalized spacial score (nSPS) is 14.9. The van der Waals surface area contributed by atoms with Gasteiger partial charge in [-0.1, -0.05) is 20.8 Å². The first-order valence-electron chi connectivity index (χ1n) is 3.51. The van der Waals surface area contributed by atoms with Crippen molar-refractivity contribution >= 4 is 5.78 Å². The van der Waals surface area contributed by atoms with Crippen molar-refractivity contribution in [3.8, 4) is 0 Å². The summed E-state index contributed by atoms with van der Waals surface area (Å²) >= 11 is 0. The fourth-order valence-electron chi connectivity index (χ4n) is 0.578. The van der Waals surface area contributed by atoms with Crippen molar-refractivity contribution in [1.82, 2.24) is 0 Å². The molecule has 0 aromatic rings. The van der Waals surface area contributed by atoms with Gasteiger partial charge in [0.05, 0.1) is 6.10 Å². The van der Waals surface area contributed by atoms with Gasteiger partial charge in [0.1, 0.15) is 5.78 Å². The minimum Gasteiger partial charge on any atom is -0.392 e. The fourth-order valence-corrected chi connectivity index (χ4v) is 0.578. The molecule has 0 amide bonds. The molecule has 2 heteroatoms. The van der Waals surface area contributed by atoms with Gasteiger partial charge in [0.25, 0.3) is 0 Å². The summed E-state index contributed by atoms with van der Waals surface area (Å²) in [5.41, 5.74) is -0.175. The molecule has 0 aliphatic carbocycles. The molecule has 10 heavy (non-hydrogen) atoms. The number of Topliss-reactive ketones (excluding diaryl/α,β-unsaturated/α-hetero) is 1. The van der Waals surface area contributed by atoms with Gasteiger partial charge in [0.2, 0.25) is 0 Å². The molecule has 2 nitrogen and oxygen atoms in total. The second kappa shape index (κ2) is 3.15. The molecule has 0 bridgehead atoms. The van der Waals surface area contributed by atoms with Gasteiger partial charge in [-0.3, -0.25) is 4.79 Å². The van der Waals surface area contributed by atoms with Crippen molar-refractivity contribution in [2.24, 2.45) is 5.41 Å². The average Bonchev–Trinajstić information content (AvgIpc) is 1.60. The van der Waals surface area contributed by atoms with E-state index in [1.165, 1.54) is 6.92 Å². The summed E-state index contributed by atoms with van der Waals surface area (Å²) in [6, 6.07) is 0. The summed E-state index contributed by atoms with van der Waals surface area (Å²) < 4.78 is 0. The smallest absolute Gasteiger partial charge is 0.132 e. The van der Waals surface area contributed by atoms with Gasteiger partial charge in [-0.25, -0.2) is 0 Å².